The third-order valence-electron chi connectivity index (χ3n) is 2.87. The number of likely N-dealkylation sites (N-methyl/N-ethyl adjacent to an activating group) is 1. The van der Waals surface area contributed by atoms with E-state index in [1.807, 2.05) is 0 Å². The molecule has 0 aromatic heterocycles. The van der Waals surface area contributed by atoms with Gasteiger partial charge in [-0.15, -0.1) is 0 Å². The molecule has 18 heavy (non-hydrogen) atoms. The van der Waals surface area contributed by atoms with Crippen LogP contribution in [-0.2, 0) is 4.79 Å². The molecule has 0 unspecified atom stereocenters. The number of benzene rings is 1. The number of hydrogen-bond donors (Lipinski definition) is 1. The van der Waals surface area contributed by atoms with Crippen LogP contribution in [0.2, 0.25) is 0 Å². The van der Waals surface area contributed by atoms with Crippen molar-refractivity contribution in [1.82, 2.24) is 0 Å². The van der Waals surface area contributed by atoms with Crippen LogP contribution in [-0.4, -0.2) is 28.6 Å². The van der Waals surface area contributed by atoms with Gasteiger partial charge in [0.15, 0.2) is 5.82 Å². The lowest BCUT2D eigenvalue weighted by Gasteiger charge is -2.33. The standard InChI is InChI=1S/C11H13FN2O4/c1-11(2,10(15)16)13(3)9-5-4-7(14(17)18)6-8(9)12/h4-6H,1-3H3,(H,15,16). The third-order valence-corrected chi connectivity index (χ3v) is 2.87. The molecule has 1 N–H and O–H groups in total. The number of rotatable bonds is 4. The summed E-state index contributed by atoms with van der Waals surface area (Å²) in [6.07, 6.45) is 0. The molecular weight excluding hydrogens is 243 g/mol. The normalized spacial score (nSPS) is 11.1. The van der Waals surface area contributed by atoms with Gasteiger partial charge >= 0.3 is 5.97 Å². The lowest BCUT2D eigenvalue weighted by molar-refractivity contribution is -0.385. The number of nitro benzene ring substituents is 1. The van der Waals surface area contributed by atoms with E-state index in [4.69, 9.17) is 5.11 Å². The Morgan fingerprint density at radius 3 is 2.44 bits per heavy atom. The van der Waals surface area contributed by atoms with Crippen LogP contribution in [0, 0.1) is 15.9 Å². The smallest absolute Gasteiger partial charge is 0.328 e. The average molecular weight is 256 g/mol. The summed E-state index contributed by atoms with van der Waals surface area (Å²) in [5, 5.41) is 19.5. The van der Waals surface area contributed by atoms with Gasteiger partial charge in [0.25, 0.3) is 5.69 Å². The molecule has 0 amide bonds. The van der Waals surface area contributed by atoms with Gasteiger partial charge in [0.1, 0.15) is 5.54 Å². The van der Waals surface area contributed by atoms with E-state index in [9.17, 15) is 19.3 Å². The molecule has 0 atom stereocenters. The molecule has 6 nitrogen and oxygen atoms in total. The number of non-ortho nitro benzene ring substituents is 1. The Morgan fingerprint density at radius 1 is 1.50 bits per heavy atom. The molecule has 7 heteroatoms. The first-order valence-corrected chi connectivity index (χ1v) is 5.09. The second kappa shape index (κ2) is 4.59. The van der Waals surface area contributed by atoms with Crippen molar-refractivity contribution in [1.29, 1.82) is 0 Å². The Hall–Kier alpha value is -2.18. The summed E-state index contributed by atoms with van der Waals surface area (Å²) in [6.45, 7) is 2.83. The Balaban J connectivity index is 3.19. The van der Waals surface area contributed by atoms with E-state index in [2.05, 4.69) is 0 Å². The maximum atomic E-state index is 13.7. The van der Waals surface area contributed by atoms with E-state index in [0.29, 0.717) is 0 Å². The summed E-state index contributed by atoms with van der Waals surface area (Å²) in [6, 6.07) is 3.09. The molecule has 1 aromatic carbocycles. The van der Waals surface area contributed by atoms with Gasteiger partial charge in [0, 0.05) is 13.1 Å². The van der Waals surface area contributed by atoms with Crippen LogP contribution in [0.25, 0.3) is 0 Å². The molecule has 0 fully saturated rings. The first-order valence-electron chi connectivity index (χ1n) is 5.09. The second-order valence-electron chi connectivity index (χ2n) is 4.32. The van der Waals surface area contributed by atoms with Gasteiger partial charge in [-0.3, -0.25) is 10.1 Å². The van der Waals surface area contributed by atoms with Crippen molar-refractivity contribution in [2.24, 2.45) is 0 Å². The van der Waals surface area contributed by atoms with Crippen LogP contribution in [0.3, 0.4) is 0 Å². The first kappa shape index (κ1) is 13.9. The number of hydrogen-bond acceptors (Lipinski definition) is 4. The Kier molecular flexibility index (Phi) is 3.54. The molecule has 1 rings (SSSR count). The van der Waals surface area contributed by atoms with E-state index >= 15 is 0 Å². The molecule has 0 saturated heterocycles. The molecule has 0 aliphatic rings. The molecule has 0 aliphatic carbocycles. The van der Waals surface area contributed by atoms with Gasteiger partial charge < -0.3 is 10.0 Å². The number of nitrogens with zero attached hydrogens (tertiary/aromatic N) is 2. The summed E-state index contributed by atoms with van der Waals surface area (Å²) < 4.78 is 13.7. The van der Waals surface area contributed by atoms with E-state index in [-0.39, 0.29) is 11.4 Å². The van der Waals surface area contributed by atoms with Crippen molar-refractivity contribution in [3.8, 4) is 0 Å². The topological polar surface area (TPSA) is 83.7 Å². The first-order chi connectivity index (χ1) is 8.17. The zero-order valence-electron chi connectivity index (χ0n) is 10.2. The molecule has 0 aliphatic heterocycles. The van der Waals surface area contributed by atoms with Gasteiger partial charge in [-0.2, -0.15) is 0 Å². The highest BCUT2D eigenvalue weighted by Crippen LogP contribution is 2.28. The van der Waals surface area contributed by atoms with Gasteiger partial charge in [-0.25, -0.2) is 9.18 Å². The van der Waals surface area contributed by atoms with Crippen LogP contribution in [0.15, 0.2) is 18.2 Å². The van der Waals surface area contributed by atoms with Gasteiger partial charge in [0.2, 0.25) is 0 Å². The fraction of sp³-hybridized carbons (Fsp3) is 0.364. The van der Waals surface area contributed by atoms with Crippen molar-refractivity contribution >= 4 is 17.3 Å². The predicted octanol–water partition coefficient (Wildman–Crippen LogP) is 2.03. The molecule has 0 heterocycles. The monoisotopic (exact) mass is 256 g/mol. The highest BCUT2D eigenvalue weighted by Gasteiger charge is 2.33. The minimum absolute atomic E-state index is 0.00648. The minimum Gasteiger partial charge on any atom is -0.480 e. The van der Waals surface area contributed by atoms with Crippen molar-refractivity contribution in [2.45, 2.75) is 19.4 Å². The van der Waals surface area contributed by atoms with Crippen LogP contribution >= 0.6 is 0 Å². The SMILES string of the molecule is CN(c1ccc([N+](=O)[O-])cc1F)C(C)(C)C(=O)O. The molecular formula is C11H13FN2O4. The maximum Gasteiger partial charge on any atom is 0.328 e. The largest absolute Gasteiger partial charge is 0.480 e. The summed E-state index contributed by atoms with van der Waals surface area (Å²) in [5.74, 6) is -1.95. The average Bonchev–Trinajstić information content (AvgIpc) is 2.27. The Labute approximate surface area is 103 Å². The number of aliphatic carboxylic acids is 1. The van der Waals surface area contributed by atoms with Crippen molar-refractivity contribution in [3.63, 3.8) is 0 Å². The zero-order chi connectivity index (χ0) is 14.1. The van der Waals surface area contributed by atoms with Gasteiger partial charge in [-0.05, 0) is 19.9 Å². The zero-order valence-corrected chi connectivity index (χ0v) is 10.2. The summed E-state index contributed by atoms with van der Waals surface area (Å²) in [4.78, 5) is 22.0. The van der Waals surface area contributed by atoms with Gasteiger partial charge in [-0.1, -0.05) is 0 Å². The van der Waals surface area contributed by atoms with Crippen LogP contribution in [0.1, 0.15) is 13.8 Å². The predicted molar refractivity (Wildman–Crippen MR) is 63.2 cm³/mol. The third kappa shape index (κ3) is 2.39. The highest BCUT2D eigenvalue weighted by atomic mass is 19.1. The summed E-state index contributed by atoms with van der Waals surface area (Å²) >= 11 is 0. The summed E-state index contributed by atoms with van der Waals surface area (Å²) in [7, 11) is 1.42. The number of halogens is 1. The van der Waals surface area contributed by atoms with E-state index in [0.717, 1.165) is 12.1 Å². The lowest BCUT2D eigenvalue weighted by atomic mass is 10.0. The van der Waals surface area contributed by atoms with Crippen molar-refractivity contribution < 1.29 is 19.2 Å². The van der Waals surface area contributed by atoms with Gasteiger partial charge in [0.05, 0.1) is 16.7 Å². The summed E-state index contributed by atoms with van der Waals surface area (Å²) in [5.41, 5.74) is -1.71. The van der Waals surface area contributed by atoms with E-state index in [1.54, 1.807) is 0 Å². The highest BCUT2D eigenvalue weighted by molar-refractivity contribution is 5.82. The number of nitro groups is 1. The van der Waals surface area contributed by atoms with Crippen LogP contribution < -0.4 is 4.90 Å². The molecule has 0 radical (unpaired) electrons. The van der Waals surface area contributed by atoms with Crippen LogP contribution in [0.4, 0.5) is 15.8 Å². The van der Waals surface area contributed by atoms with Crippen LogP contribution in [0.5, 0.6) is 0 Å². The number of carboxylic acid groups (broad SMARTS) is 1. The molecule has 1 aromatic rings. The van der Waals surface area contributed by atoms with Crippen molar-refractivity contribution in [2.75, 3.05) is 11.9 Å². The number of carboxylic acids is 1. The molecule has 98 valence electrons. The Bertz CT molecular complexity index is 502. The quantitative estimate of drug-likeness (QED) is 0.658. The minimum atomic E-state index is -1.32. The number of anilines is 1. The van der Waals surface area contributed by atoms with E-state index in [1.165, 1.54) is 31.9 Å². The second-order valence-corrected chi connectivity index (χ2v) is 4.32. The molecule has 0 spiro atoms. The fourth-order valence-electron chi connectivity index (χ4n) is 1.33. The Morgan fingerprint density at radius 2 is 2.06 bits per heavy atom. The lowest BCUT2D eigenvalue weighted by Crippen LogP contribution is -2.48. The molecule has 0 saturated carbocycles. The van der Waals surface area contributed by atoms with E-state index < -0.39 is 22.2 Å². The molecule has 0 bridgehead atoms. The number of carbonyl (C=O) groups is 1. The van der Waals surface area contributed by atoms with Crippen molar-refractivity contribution in [3.05, 3.63) is 34.1 Å². The fourth-order valence-corrected chi connectivity index (χ4v) is 1.33. The maximum absolute atomic E-state index is 13.7.